The number of anilines is 1. The van der Waals surface area contributed by atoms with E-state index in [1.807, 2.05) is 24.3 Å². The standard InChI is InChI=1S/C24H27N5O4/c1-16-27-28-24(33-16)18-5-9-19(10-6-18)26-23(31)22(30)25-15-21(29-13-3-4-14-29)17-7-11-20(32-2)12-8-17/h5-12,21H,3-4,13-15H2,1-2H3,(H,25,30)(H,26,31). The van der Waals surface area contributed by atoms with Crippen molar-refractivity contribution in [2.75, 3.05) is 32.1 Å². The van der Waals surface area contributed by atoms with Crippen LogP contribution in [0.25, 0.3) is 11.5 Å². The lowest BCUT2D eigenvalue weighted by atomic mass is 10.1. The smallest absolute Gasteiger partial charge is 0.313 e. The molecule has 1 unspecified atom stereocenters. The van der Waals surface area contributed by atoms with Crippen molar-refractivity contribution < 1.29 is 18.7 Å². The van der Waals surface area contributed by atoms with Crippen molar-refractivity contribution in [3.05, 3.63) is 60.0 Å². The molecule has 2 aromatic carbocycles. The Balaban J connectivity index is 1.36. The summed E-state index contributed by atoms with van der Waals surface area (Å²) in [5.74, 6) is 0.258. The molecule has 172 valence electrons. The van der Waals surface area contributed by atoms with Crippen LogP contribution in [0.4, 0.5) is 5.69 Å². The third-order valence-corrected chi connectivity index (χ3v) is 5.66. The third kappa shape index (κ3) is 5.56. The van der Waals surface area contributed by atoms with E-state index in [1.54, 1.807) is 38.3 Å². The highest BCUT2D eigenvalue weighted by Crippen LogP contribution is 2.26. The molecule has 1 aliphatic rings. The average molecular weight is 450 g/mol. The summed E-state index contributed by atoms with van der Waals surface area (Å²) in [6.45, 7) is 3.98. The second-order valence-electron chi connectivity index (χ2n) is 7.90. The summed E-state index contributed by atoms with van der Waals surface area (Å²) >= 11 is 0. The van der Waals surface area contributed by atoms with Crippen LogP contribution in [-0.4, -0.2) is 53.7 Å². The van der Waals surface area contributed by atoms with E-state index in [-0.39, 0.29) is 6.04 Å². The van der Waals surface area contributed by atoms with E-state index < -0.39 is 11.8 Å². The van der Waals surface area contributed by atoms with Crippen molar-refractivity contribution in [3.63, 3.8) is 0 Å². The molecule has 0 bridgehead atoms. The number of aromatic nitrogens is 2. The van der Waals surface area contributed by atoms with E-state index >= 15 is 0 Å². The summed E-state index contributed by atoms with van der Waals surface area (Å²) in [5, 5.41) is 13.2. The minimum absolute atomic E-state index is 0.00713. The maximum absolute atomic E-state index is 12.5. The fraction of sp³-hybridized carbons (Fsp3) is 0.333. The first-order valence-electron chi connectivity index (χ1n) is 10.9. The highest BCUT2D eigenvalue weighted by Gasteiger charge is 2.25. The van der Waals surface area contributed by atoms with Gasteiger partial charge in [-0.2, -0.15) is 0 Å². The number of ether oxygens (including phenoxy) is 1. The monoisotopic (exact) mass is 449 g/mol. The highest BCUT2D eigenvalue weighted by atomic mass is 16.5. The summed E-state index contributed by atoms with van der Waals surface area (Å²) in [6.07, 6.45) is 2.25. The number of aryl methyl sites for hydroxylation is 1. The lowest BCUT2D eigenvalue weighted by Crippen LogP contribution is -2.41. The summed E-state index contributed by atoms with van der Waals surface area (Å²) in [5.41, 5.74) is 2.30. The molecule has 0 aliphatic carbocycles. The number of benzene rings is 2. The molecule has 1 aromatic heterocycles. The number of amides is 2. The van der Waals surface area contributed by atoms with E-state index in [1.165, 1.54) is 0 Å². The zero-order chi connectivity index (χ0) is 23.2. The fourth-order valence-corrected chi connectivity index (χ4v) is 3.90. The molecule has 1 saturated heterocycles. The molecule has 0 radical (unpaired) electrons. The molecule has 1 aliphatic heterocycles. The molecule has 9 nitrogen and oxygen atoms in total. The second kappa shape index (κ2) is 10.3. The van der Waals surface area contributed by atoms with Crippen LogP contribution in [0.3, 0.4) is 0 Å². The lowest BCUT2D eigenvalue weighted by molar-refractivity contribution is -0.136. The number of hydrogen-bond donors (Lipinski definition) is 2. The van der Waals surface area contributed by atoms with Gasteiger partial charge in [-0.05, 0) is 67.9 Å². The van der Waals surface area contributed by atoms with Crippen LogP contribution < -0.4 is 15.4 Å². The Morgan fingerprint density at radius 1 is 1.03 bits per heavy atom. The van der Waals surface area contributed by atoms with Gasteiger partial charge in [0, 0.05) is 24.7 Å². The van der Waals surface area contributed by atoms with Gasteiger partial charge in [0.2, 0.25) is 11.8 Å². The maximum Gasteiger partial charge on any atom is 0.313 e. The Bertz CT molecular complexity index is 1090. The van der Waals surface area contributed by atoms with Gasteiger partial charge in [-0.1, -0.05) is 12.1 Å². The normalized spacial score (nSPS) is 14.6. The van der Waals surface area contributed by atoms with E-state index in [0.717, 1.165) is 42.8 Å². The summed E-state index contributed by atoms with van der Waals surface area (Å²) in [6, 6.07) is 14.7. The zero-order valence-electron chi connectivity index (χ0n) is 18.7. The lowest BCUT2D eigenvalue weighted by Gasteiger charge is -2.28. The topological polar surface area (TPSA) is 110 Å². The van der Waals surface area contributed by atoms with Gasteiger partial charge >= 0.3 is 11.8 Å². The van der Waals surface area contributed by atoms with Crippen molar-refractivity contribution in [1.82, 2.24) is 20.4 Å². The molecular formula is C24H27N5O4. The van der Waals surface area contributed by atoms with Crippen LogP contribution in [0.2, 0.25) is 0 Å². The Morgan fingerprint density at radius 2 is 1.73 bits per heavy atom. The van der Waals surface area contributed by atoms with Gasteiger partial charge < -0.3 is 19.8 Å². The Kier molecular flexibility index (Phi) is 6.99. The largest absolute Gasteiger partial charge is 0.497 e. The molecule has 33 heavy (non-hydrogen) atoms. The fourth-order valence-electron chi connectivity index (χ4n) is 3.90. The van der Waals surface area contributed by atoms with Crippen LogP contribution in [0.1, 0.15) is 30.3 Å². The zero-order valence-corrected chi connectivity index (χ0v) is 18.7. The average Bonchev–Trinajstić information content (AvgIpc) is 3.52. The van der Waals surface area contributed by atoms with E-state index in [9.17, 15) is 9.59 Å². The minimum Gasteiger partial charge on any atom is -0.497 e. The van der Waals surface area contributed by atoms with Gasteiger partial charge in [0.25, 0.3) is 0 Å². The van der Waals surface area contributed by atoms with Gasteiger partial charge in [0.05, 0.1) is 13.2 Å². The number of methoxy groups -OCH3 is 1. The summed E-state index contributed by atoms with van der Waals surface area (Å²) < 4.78 is 10.6. The van der Waals surface area contributed by atoms with Crippen molar-refractivity contribution in [1.29, 1.82) is 0 Å². The van der Waals surface area contributed by atoms with E-state index in [4.69, 9.17) is 9.15 Å². The maximum atomic E-state index is 12.5. The number of carbonyl (C=O) groups excluding carboxylic acids is 2. The van der Waals surface area contributed by atoms with Gasteiger partial charge in [-0.3, -0.25) is 14.5 Å². The first-order valence-corrected chi connectivity index (χ1v) is 10.9. The minimum atomic E-state index is -0.716. The van der Waals surface area contributed by atoms with Crippen LogP contribution in [0.5, 0.6) is 5.75 Å². The molecule has 2 amide bonds. The van der Waals surface area contributed by atoms with Crippen molar-refractivity contribution >= 4 is 17.5 Å². The number of hydrogen-bond acceptors (Lipinski definition) is 7. The molecule has 3 aromatic rings. The predicted octanol–water partition coefficient (Wildman–Crippen LogP) is 2.95. The summed E-state index contributed by atoms with van der Waals surface area (Å²) in [7, 11) is 1.63. The predicted molar refractivity (Wildman–Crippen MR) is 123 cm³/mol. The quantitative estimate of drug-likeness (QED) is 0.534. The molecule has 2 heterocycles. The van der Waals surface area contributed by atoms with Crippen molar-refractivity contribution in [2.24, 2.45) is 0 Å². The molecule has 4 rings (SSSR count). The molecule has 9 heteroatoms. The van der Waals surface area contributed by atoms with Crippen LogP contribution >= 0.6 is 0 Å². The van der Waals surface area contributed by atoms with Gasteiger partial charge in [-0.25, -0.2) is 0 Å². The van der Waals surface area contributed by atoms with Crippen LogP contribution in [-0.2, 0) is 9.59 Å². The molecular weight excluding hydrogens is 422 g/mol. The van der Waals surface area contributed by atoms with Crippen molar-refractivity contribution in [2.45, 2.75) is 25.8 Å². The first-order chi connectivity index (χ1) is 16.0. The molecule has 1 atom stereocenters. The van der Waals surface area contributed by atoms with Gasteiger partial charge in [-0.15, -0.1) is 10.2 Å². The SMILES string of the molecule is COc1ccc(C(CNC(=O)C(=O)Nc2ccc(-c3nnc(C)o3)cc2)N2CCCC2)cc1. The number of nitrogens with one attached hydrogen (secondary N) is 2. The molecule has 1 fully saturated rings. The van der Waals surface area contributed by atoms with Crippen molar-refractivity contribution in [3.8, 4) is 17.2 Å². The van der Waals surface area contributed by atoms with Crippen LogP contribution in [0, 0.1) is 6.92 Å². The molecule has 0 saturated carbocycles. The molecule has 0 spiro atoms. The Hall–Kier alpha value is -3.72. The van der Waals surface area contributed by atoms with E-state index in [0.29, 0.717) is 24.0 Å². The van der Waals surface area contributed by atoms with Gasteiger partial charge in [0.1, 0.15) is 5.75 Å². The molecule has 2 N–H and O–H groups in total. The Morgan fingerprint density at radius 3 is 2.33 bits per heavy atom. The van der Waals surface area contributed by atoms with Gasteiger partial charge in [0.15, 0.2) is 0 Å². The third-order valence-electron chi connectivity index (χ3n) is 5.66. The highest BCUT2D eigenvalue weighted by molar-refractivity contribution is 6.39. The Labute approximate surface area is 192 Å². The number of nitrogens with zero attached hydrogens (tertiary/aromatic N) is 3. The summed E-state index contributed by atoms with van der Waals surface area (Å²) in [4.78, 5) is 27.3. The number of likely N-dealkylation sites (tertiary alicyclic amines) is 1. The van der Waals surface area contributed by atoms with Crippen LogP contribution in [0.15, 0.2) is 52.9 Å². The first kappa shape index (κ1) is 22.5. The van der Waals surface area contributed by atoms with E-state index in [2.05, 4.69) is 25.7 Å². The second-order valence-corrected chi connectivity index (χ2v) is 7.90. The number of rotatable bonds is 7. The number of carbonyl (C=O) groups is 2.